The normalized spacial score (nSPS) is 18.0. The van der Waals surface area contributed by atoms with Crippen LogP contribution in [0.3, 0.4) is 0 Å². The minimum absolute atomic E-state index is 0.167. The van der Waals surface area contributed by atoms with Crippen molar-refractivity contribution in [2.45, 2.75) is 31.7 Å². The molecule has 1 saturated heterocycles. The zero-order valence-electron chi connectivity index (χ0n) is 14.4. The SMILES string of the molecule is [C-]#[N+]c1ncc(N2C(=O)C3(CCC3)N(c3ccc(F)c(O)c3)C2=S)cc1C. The summed E-state index contributed by atoms with van der Waals surface area (Å²) in [5.74, 6) is -1.12. The highest BCUT2D eigenvalue weighted by atomic mass is 32.1. The van der Waals surface area contributed by atoms with Gasteiger partial charge in [0.1, 0.15) is 11.7 Å². The van der Waals surface area contributed by atoms with E-state index in [4.69, 9.17) is 18.8 Å². The molecule has 1 amide bonds. The van der Waals surface area contributed by atoms with Gasteiger partial charge < -0.3 is 14.9 Å². The molecule has 8 heteroatoms. The van der Waals surface area contributed by atoms with Gasteiger partial charge in [0.2, 0.25) is 0 Å². The number of halogens is 1. The molecule has 1 saturated carbocycles. The van der Waals surface area contributed by atoms with Crippen LogP contribution in [-0.2, 0) is 4.79 Å². The first-order valence-electron chi connectivity index (χ1n) is 8.40. The Balaban J connectivity index is 1.81. The molecule has 27 heavy (non-hydrogen) atoms. The van der Waals surface area contributed by atoms with Crippen LogP contribution >= 0.6 is 12.2 Å². The average molecular weight is 382 g/mol. The monoisotopic (exact) mass is 382 g/mol. The third kappa shape index (κ3) is 2.39. The van der Waals surface area contributed by atoms with Gasteiger partial charge in [0.15, 0.2) is 16.7 Å². The standard InChI is InChI=1S/C19H15FN4O2S/c1-11-8-13(10-22-16(11)21-2)23-17(26)19(6-3-7-19)24(18(23)27)12-4-5-14(20)15(25)9-12/h4-5,8-10,25H,3,6-7H2,1H3. The maximum Gasteiger partial charge on any atom is 0.272 e. The summed E-state index contributed by atoms with van der Waals surface area (Å²) in [4.78, 5) is 23.9. The second-order valence-electron chi connectivity index (χ2n) is 6.73. The number of carbonyl (C=O) groups excluding carboxylic acids is 1. The molecule has 0 unspecified atom stereocenters. The van der Waals surface area contributed by atoms with Gasteiger partial charge in [-0.15, -0.1) is 4.98 Å². The van der Waals surface area contributed by atoms with E-state index in [1.54, 1.807) is 17.9 Å². The summed E-state index contributed by atoms with van der Waals surface area (Å²) < 4.78 is 13.5. The summed E-state index contributed by atoms with van der Waals surface area (Å²) in [5.41, 5.74) is 0.791. The van der Waals surface area contributed by atoms with Crippen molar-refractivity contribution in [2.75, 3.05) is 9.80 Å². The lowest BCUT2D eigenvalue weighted by atomic mass is 9.75. The number of amides is 1. The van der Waals surface area contributed by atoms with Crippen molar-refractivity contribution >= 4 is 40.4 Å². The molecule has 136 valence electrons. The quantitative estimate of drug-likeness (QED) is 0.632. The number of thiocarbonyl (C=S) groups is 1. The number of nitrogens with zero attached hydrogens (tertiary/aromatic N) is 4. The molecule has 0 radical (unpaired) electrons. The fourth-order valence-corrected chi connectivity index (χ4v) is 4.11. The molecule has 2 fully saturated rings. The number of hydrogen-bond acceptors (Lipinski definition) is 4. The Morgan fingerprint density at radius 3 is 2.63 bits per heavy atom. The number of anilines is 2. The highest BCUT2D eigenvalue weighted by Gasteiger charge is 2.59. The largest absolute Gasteiger partial charge is 0.505 e. The highest BCUT2D eigenvalue weighted by molar-refractivity contribution is 7.81. The zero-order chi connectivity index (χ0) is 19.3. The van der Waals surface area contributed by atoms with E-state index in [0.29, 0.717) is 29.8 Å². The van der Waals surface area contributed by atoms with E-state index in [9.17, 15) is 14.3 Å². The van der Waals surface area contributed by atoms with Crippen LogP contribution in [0.15, 0.2) is 30.5 Å². The predicted octanol–water partition coefficient (Wildman–Crippen LogP) is 3.85. The third-order valence-electron chi connectivity index (χ3n) is 5.18. The summed E-state index contributed by atoms with van der Waals surface area (Å²) in [6, 6.07) is 5.65. The van der Waals surface area contributed by atoms with E-state index in [-0.39, 0.29) is 16.8 Å². The van der Waals surface area contributed by atoms with E-state index in [1.165, 1.54) is 23.2 Å². The molecule has 0 bridgehead atoms. The van der Waals surface area contributed by atoms with Crippen molar-refractivity contribution in [3.8, 4) is 5.75 Å². The molecule has 4 rings (SSSR count). The van der Waals surface area contributed by atoms with Gasteiger partial charge in [-0.1, -0.05) is 6.57 Å². The molecule has 1 aliphatic carbocycles. The average Bonchev–Trinajstić information content (AvgIpc) is 2.84. The van der Waals surface area contributed by atoms with Crippen LogP contribution in [0, 0.1) is 19.3 Å². The summed E-state index contributed by atoms with van der Waals surface area (Å²) in [6.07, 6.45) is 3.57. The van der Waals surface area contributed by atoms with Gasteiger partial charge in [0.25, 0.3) is 11.7 Å². The highest BCUT2D eigenvalue weighted by Crippen LogP contribution is 2.48. The minimum atomic E-state index is -0.826. The number of aromatic hydroxyl groups is 1. The van der Waals surface area contributed by atoms with Crippen LogP contribution < -0.4 is 9.80 Å². The van der Waals surface area contributed by atoms with Crippen LogP contribution in [-0.4, -0.2) is 26.6 Å². The number of aryl methyl sites for hydroxylation is 1. The zero-order valence-corrected chi connectivity index (χ0v) is 15.3. The van der Waals surface area contributed by atoms with Gasteiger partial charge >= 0.3 is 0 Å². The molecule has 6 nitrogen and oxygen atoms in total. The van der Waals surface area contributed by atoms with E-state index in [1.807, 2.05) is 0 Å². The molecular formula is C19H15FN4O2S. The van der Waals surface area contributed by atoms with Gasteiger partial charge in [0.05, 0.1) is 5.69 Å². The van der Waals surface area contributed by atoms with E-state index in [2.05, 4.69) is 9.83 Å². The van der Waals surface area contributed by atoms with Crippen LogP contribution in [0.25, 0.3) is 4.85 Å². The Morgan fingerprint density at radius 2 is 2.07 bits per heavy atom. The lowest BCUT2D eigenvalue weighted by molar-refractivity contribution is -0.123. The smallest absolute Gasteiger partial charge is 0.272 e. The summed E-state index contributed by atoms with van der Waals surface area (Å²) >= 11 is 5.60. The first kappa shape index (κ1) is 17.4. The van der Waals surface area contributed by atoms with Crippen LogP contribution in [0.4, 0.5) is 21.6 Å². The predicted molar refractivity (Wildman–Crippen MR) is 102 cm³/mol. The Kier molecular flexibility index (Phi) is 3.86. The minimum Gasteiger partial charge on any atom is -0.505 e. The maximum atomic E-state index is 13.5. The van der Waals surface area contributed by atoms with Gasteiger partial charge in [0, 0.05) is 11.8 Å². The van der Waals surface area contributed by atoms with Crippen LogP contribution in [0.2, 0.25) is 0 Å². The lowest BCUT2D eigenvalue weighted by Gasteiger charge is -2.43. The number of aromatic nitrogens is 1. The Labute approximate surface area is 160 Å². The Morgan fingerprint density at radius 1 is 1.33 bits per heavy atom. The first-order chi connectivity index (χ1) is 12.9. The van der Waals surface area contributed by atoms with Crippen molar-refractivity contribution < 1.29 is 14.3 Å². The molecular weight excluding hydrogens is 367 g/mol. The third-order valence-corrected chi connectivity index (χ3v) is 5.55. The van der Waals surface area contributed by atoms with Crippen LogP contribution in [0.1, 0.15) is 24.8 Å². The van der Waals surface area contributed by atoms with Gasteiger partial charge in [-0.25, -0.2) is 4.39 Å². The molecule has 2 aliphatic rings. The van der Waals surface area contributed by atoms with Gasteiger partial charge in [-0.2, -0.15) is 0 Å². The first-order valence-corrected chi connectivity index (χ1v) is 8.81. The second-order valence-corrected chi connectivity index (χ2v) is 7.09. The number of rotatable bonds is 2. The number of pyridine rings is 1. The van der Waals surface area contributed by atoms with E-state index in [0.717, 1.165) is 12.5 Å². The Hall–Kier alpha value is -3.05. The topological polar surface area (TPSA) is 61.0 Å². The summed E-state index contributed by atoms with van der Waals surface area (Å²) in [7, 11) is 0. The van der Waals surface area contributed by atoms with E-state index < -0.39 is 17.1 Å². The number of benzene rings is 1. The maximum absolute atomic E-state index is 13.5. The Bertz CT molecular complexity index is 1030. The van der Waals surface area contributed by atoms with Crippen molar-refractivity contribution in [2.24, 2.45) is 0 Å². The van der Waals surface area contributed by atoms with Crippen molar-refractivity contribution in [3.05, 3.63) is 53.3 Å². The number of phenols is 1. The lowest BCUT2D eigenvalue weighted by Crippen LogP contribution is -2.55. The summed E-state index contributed by atoms with van der Waals surface area (Å²) in [6.45, 7) is 8.87. The number of phenolic OH excluding ortho intramolecular Hbond substituents is 1. The van der Waals surface area contributed by atoms with Gasteiger partial charge in [-0.05, 0) is 62.2 Å². The molecule has 1 aromatic heterocycles. The second kappa shape index (κ2) is 5.99. The van der Waals surface area contributed by atoms with Crippen LogP contribution in [0.5, 0.6) is 5.75 Å². The van der Waals surface area contributed by atoms with Gasteiger partial charge in [-0.3, -0.25) is 9.69 Å². The van der Waals surface area contributed by atoms with Crippen molar-refractivity contribution in [1.29, 1.82) is 0 Å². The fourth-order valence-electron chi connectivity index (χ4n) is 3.64. The number of carbonyl (C=O) groups is 1. The molecule has 1 spiro atoms. The number of hydrogen-bond donors (Lipinski definition) is 1. The van der Waals surface area contributed by atoms with Crippen molar-refractivity contribution in [1.82, 2.24) is 4.98 Å². The molecule has 1 aliphatic heterocycles. The molecule has 2 aromatic rings. The summed E-state index contributed by atoms with van der Waals surface area (Å²) in [5, 5.41) is 10.0. The van der Waals surface area contributed by atoms with Crippen molar-refractivity contribution in [3.63, 3.8) is 0 Å². The molecule has 1 aromatic carbocycles. The molecule has 1 N–H and O–H groups in total. The van der Waals surface area contributed by atoms with E-state index >= 15 is 0 Å². The molecule has 2 heterocycles. The fraction of sp³-hybridized carbons (Fsp3) is 0.263. The molecule has 0 atom stereocenters.